The average Bonchev–Trinajstić information content (AvgIpc) is 2.52. The topological polar surface area (TPSA) is 46.6 Å². The molecule has 0 fully saturated rings. The fourth-order valence-electron chi connectivity index (χ4n) is 1.95. The van der Waals surface area contributed by atoms with Gasteiger partial charge in [-0.15, -0.1) is 0 Å². The molecule has 1 unspecified atom stereocenters. The smallest absolute Gasteiger partial charge is 0.342 e. The number of hydrogen-bond donors (Lipinski definition) is 0. The molecule has 0 spiro atoms. The highest BCUT2D eigenvalue weighted by molar-refractivity contribution is 9.10. The van der Waals surface area contributed by atoms with E-state index in [9.17, 15) is 14.0 Å². The van der Waals surface area contributed by atoms with Gasteiger partial charge in [-0.05, 0) is 18.2 Å². The second-order valence-electron chi connectivity index (χ2n) is 5.05. The summed E-state index contributed by atoms with van der Waals surface area (Å²) in [5.74, 6) is -2.00. The van der Waals surface area contributed by atoms with Gasteiger partial charge in [0.05, 0.1) is 5.56 Å². The van der Waals surface area contributed by atoms with Gasteiger partial charge >= 0.3 is 5.97 Å². The Morgan fingerprint density at radius 3 is 2.35 bits per heavy atom. The maximum Gasteiger partial charge on any atom is 0.342 e. The van der Waals surface area contributed by atoms with Crippen LogP contribution >= 0.6 is 15.9 Å². The van der Waals surface area contributed by atoms with Crippen molar-refractivity contribution in [2.75, 3.05) is 14.1 Å². The number of halogens is 2. The van der Waals surface area contributed by atoms with E-state index in [2.05, 4.69) is 15.9 Å². The van der Waals surface area contributed by atoms with Crippen LogP contribution in [0.3, 0.4) is 0 Å². The lowest BCUT2D eigenvalue weighted by atomic mass is 10.1. The van der Waals surface area contributed by atoms with E-state index in [4.69, 9.17) is 4.74 Å². The monoisotopic (exact) mass is 379 g/mol. The molecule has 120 valence electrons. The van der Waals surface area contributed by atoms with E-state index in [1.54, 1.807) is 44.4 Å². The number of rotatable bonds is 4. The number of benzene rings is 2. The van der Waals surface area contributed by atoms with Gasteiger partial charge in [0.1, 0.15) is 5.82 Å². The van der Waals surface area contributed by atoms with Crippen LogP contribution in [0.5, 0.6) is 0 Å². The molecule has 4 nitrogen and oxygen atoms in total. The van der Waals surface area contributed by atoms with E-state index >= 15 is 0 Å². The standard InChI is InChI=1S/C17H15BrFNO3/c1-20(2)16(21)15(11-6-4-3-5-7-11)23-17(22)13-9-8-12(18)10-14(13)19/h3-10,15H,1-2H3. The van der Waals surface area contributed by atoms with E-state index in [1.807, 2.05) is 0 Å². The van der Waals surface area contributed by atoms with Crippen molar-refractivity contribution in [2.24, 2.45) is 0 Å². The Morgan fingerprint density at radius 2 is 1.78 bits per heavy atom. The molecule has 0 aromatic heterocycles. The van der Waals surface area contributed by atoms with Crippen molar-refractivity contribution in [3.8, 4) is 0 Å². The van der Waals surface area contributed by atoms with Crippen molar-refractivity contribution in [2.45, 2.75) is 6.10 Å². The quantitative estimate of drug-likeness (QED) is 0.762. The van der Waals surface area contributed by atoms with Crippen LogP contribution in [0.1, 0.15) is 22.0 Å². The van der Waals surface area contributed by atoms with Gasteiger partial charge in [0.2, 0.25) is 6.10 Å². The lowest BCUT2D eigenvalue weighted by molar-refractivity contribution is -0.138. The highest BCUT2D eigenvalue weighted by Gasteiger charge is 2.28. The molecule has 0 saturated heterocycles. The van der Waals surface area contributed by atoms with Gasteiger partial charge in [-0.2, -0.15) is 0 Å². The van der Waals surface area contributed by atoms with Gasteiger partial charge in [-0.3, -0.25) is 4.79 Å². The normalized spacial score (nSPS) is 11.7. The van der Waals surface area contributed by atoms with Crippen LogP contribution in [-0.4, -0.2) is 30.9 Å². The second kappa shape index (κ2) is 7.37. The van der Waals surface area contributed by atoms with Crippen molar-refractivity contribution in [1.29, 1.82) is 0 Å². The fourth-order valence-corrected chi connectivity index (χ4v) is 2.28. The zero-order valence-corrected chi connectivity index (χ0v) is 14.2. The Morgan fingerprint density at radius 1 is 1.13 bits per heavy atom. The largest absolute Gasteiger partial charge is 0.444 e. The van der Waals surface area contributed by atoms with Crippen molar-refractivity contribution >= 4 is 27.8 Å². The molecule has 0 aliphatic heterocycles. The SMILES string of the molecule is CN(C)C(=O)C(OC(=O)c1ccc(Br)cc1F)c1ccccc1. The number of nitrogens with zero attached hydrogens (tertiary/aromatic N) is 1. The first-order valence-corrected chi connectivity index (χ1v) is 7.61. The summed E-state index contributed by atoms with van der Waals surface area (Å²) in [6.45, 7) is 0. The van der Waals surface area contributed by atoms with Gasteiger partial charge in [-0.25, -0.2) is 9.18 Å². The van der Waals surface area contributed by atoms with Crippen LogP contribution < -0.4 is 0 Å². The lowest BCUT2D eigenvalue weighted by Gasteiger charge is -2.21. The zero-order chi connectivity index (χ0) is 17.0. The third kappa shape index (κ3) is 4.16. The van der Waals surface area contributed by atoms with Crippen molar-refractivity contribution in [1.82, 2.24) is 4.90 Å². The summed E-state index contributed by atoms with van der Waals surface area (Å²) in [7, 11) is 3.12. The minimum absolute atomic E-state index is 0.222. The highest BCUT2D eigenvalue weighted by atomic mass is 79.9. The minimum atomic E-state index is -1.12. The number of ether oxygens (including phenoxy) is 1. The van der Waals surface area contributed by atoms with Gasteiger partial charge in [0, 0.05) is 24.1 Å². The maximum atomic E-state index is 13.9. The molecule has 0 saturated carbocycles. The summed E-state index contributed by atoms with van der Waals surface area (Å²) in [4.78, 5) is 25.9. The predicted octanol–water partition coefficient (Wildman–Crippen LogP) is 3.57. The molecular formula is C17H15BrFNO3. The second-order valence-corrected chi connectivity index (χ2v) is 5.97. The van der Waals surface area contributed by atoms with Crippen LogP contribution in [0.15, 0.2) is 53.0 Å². The zero-order valence-electron chi connectivity index (χ0n) is 12.6. The Kier molecular flexibility index (Phi) is 5.50. The molecule has 2 rings (SSSR count). The number of amides is 1. The molecule has 0 radical (unpaired) electrons. The molecule has 6 heteroatoms. The summed E-state index contributed by atoms with van der Waals surface area (Å²) in [5, 5.41) is 0. The van der Waals surface area contributed by atoms with Gasteiger partial charge in [0.15, 0.2) is 0 Å². The van der Waals surface area contributed by atoms with Crippen LogP contribution in [0.4, 0.5) is 4.39 Å². The van der Waals surface area contributed by atoms with Gasteiger partial charge in [0.25, 0.3) is 5.91 Å². The Bertz CT molecular complexity index is 719. The predicted molar refractivity (Wildman–Crippen MR) is 87.4 cm³/mol. The molecule has 1 amide bonds. The van der Waals surface area contributed by atoms with Crippen molar-refractivity contribution < 1.29 is 18.7 Å². The van der Waals surface area contributed by atoms with Crippen LogP contribution in [0, 0.1) is 5.82 Å². The van der Waals surface area contributed by atoms with E-state index in [0.717, 1.165) is 0 Å². The van der Waals surface area contributed by atoms with Crippen LogP contribution in [0.2, 0.25) is 0 Å². The summed E-state index contributed by atoms with van der Waals surface area (Å²) in [5.41, 5.74) is 0.303. The maximum absolute atomic E-state index is 13.9. The third-order valence-corrected chi connectivity index (χ3v) is 3.64. The highest BCUT2D eigenvalue weighted by Crippen LogP contribution is 2.23. The molecule has 0 aliphatic carbocycles. The van der Waals surface area contributed by atoms with E-state index < -0.39 is 23.8 Å². The van der Waals surface area contributed by atoms with Crippen molar-refractivity contribution in [3.05, 3.63) is 69.9 Å². The Hall–Kier alpha value is -2.21. The number of likely N-dealkylation sites (N-methyl/N-ethyl adjacent to an activating group) is 1. The average molecular weight is 380 g/mol. The summed E-state index contributed by atoms with van der Waals surface area (Å²) in [6, 6.07) is 12.6. The lowest BCUT2D eigenvalue weighted by Crippen LogP contribution is -2.31. The van der Waals surface area contributed by atoms with E-state index in [0.29, 0.717) is 10.0 Å². The first-order valence-electron chi connectivity index (χ1n) is 6.82. The molecule has 23 heavy (non-hydrogen) atoms. The first-order chi connectivity index (χ1) is 10.9. The Balaban J connectivity index is 2.30. The van der Waals surface area contributed by atoms with Crippen molar-refractivity contribution in [3.63, 3.8) is 0 Å². The molecule has 2 aromatic carbocycles. The number of carbonyl (C=O) groups is 2. The van der Waals surface area contributed by atoms with Crippen LogP contribution in [-0.2, 0) is 9.53 Å². The number of carbonyl (C=O) groups excluding carboxylic acids is 2. The molecule has 0 aliphatic rings. The number of esters is 1. The molecule has 2 aromatic rings. The summed E-state index contributed by atoms with van der Waals surface area (Å²) in [6.07, 6.45) is -1.12. The summed E-state index contributed by atoms with van der Waals surface area (Å²) >= 11 is 3.12. The van der Waals surface area contributed by atoms with Gasteiger partial charge < -0.3 is 9.64 Å². The molecule has 0 N–H and O–H groups in total. The number of hydrogen-bond acceptors (Lipinski definition) is 3. The van der Waals surface area contributed by atoms with Gasteiger partial charge in [-0.1, -0.05) is 46.3 Å². The van der Waals surface area contributed by atoms with E-state index in [-0.39, 0.29) is 5.56 Å². The first kappa shape index (κ1) is 17.1. The van der Waals surface area contributed by atoms with Crippen LogP contribution in [0.25, 0.3) is 0 Å². The Labute approximate surface area is 142 Å². The minimum Gasteiger partial charge on any atom is -0.444 e. The molecular weight excluding hydrogens is 365 g/mol. The molecule has 0 heterocycles. The molecule has 1 atom stereocenters. The van der Waals surface area contributed by atoms with E-state index in [1.165, 1.54) is 23.1 Å². The fraction of sp³-hybridized carbons (Fsp3) is 0.176. The third-order valence-electron chi connectivity index (χ3n) is 3.14. The molecule has 0 bridgehead atoms. The summed E-state index contributed by atoms with van der Waals surface area (Å²) < 4.78 is 19.7.